The van der Waals surface area contributed by atoms with Gasteiger partial charge in [0.15, 0.2) is 23.1 Å². The second-order valence-electron chi connectivity index (χ2n) is 8.65. The third-order valence-electron chi connectivity index (χ3n) is 2.80. The van der Waals surface area contributed by atoms with Gasteiger partial charge in [-0.15, -0.1) is 0 Å². The van der Waals surface area contributed by atoms with Crippen molar-refractivity contribution in [2.75, 3.05) is 0 Å². The van der Waals surface area contributed by atoms with Gasteiger partial charge in [0.05, 0.1) is 0 Å². The highest BCUT2D eigenvalue weighted by molar-refractivity contribution is 5.46. The molecule has 0 N–H and O–H groups in total. The molecule has 0 heterocycles. The van der Waals surface area contributed by atoms with Crippen molar-refractivity contribution in [2.45, 2.75) is 78.9 Å². The van der Waals surface area contributed by atoms with Gasteiger partial charge in [0, 0.05) is 5.56 Å². The van der Waals surface area contributed by atoms with Gasteiger partial charge in [-0.05, 0) is 47.0 Å². The topological polar surface area (TPSA) is 18.5 Å². The summed E-state index contributed by atoms with van der Waals surface area (Å²) in [6.45, 7) is 14.9. The third-order valence-corrected chi connectivity index (χ3v) is 2.80. The molecule has 0 aliphatic heterocycles. The minimum atomic E-state index is -1.15. The van der Waals surface area contributed by atoms with Crippen LogP contribution in [0.15, 0.2) is 0 Å². The van der Waals surface area contributed by atoms with Crippen LogP contribution in [0.2, 0.25) is 0 Å². The maximum absolute atomic E-state index is 14.8. The Morgan fingerprint density at radius 2 is 0.870 bits per heavy atom. The average molecular weight is 332 g/mol. The minimum Gasteiger partial charge on any atom is -0.482 e. The van der Waals surface area contributed by atoms with Gasteiger partial charge >= 0.3 is 0 Å². The minimum absolute atomic E-state index is 0.252. The molecule has 0 spiro atoms. The highest BCUT2D eigenvalue weighted by Gasteiger charge is 2.35. The van der Waals surface area contributed by atoms with Crippen molar-refractivity contribution in [3.05, 3.63) is 23.0 Å². The van der Waals surface area contributed by atoms with Crippen LogP contribution in [0.1, 0.15) is 67.9 Å². The first-order valence-corrected chi connectivity index (χ1v) is 7.63. The van der Waals surface area contributed by atoms with Crippen molar-refractivity contribution in [3.63, 3.8) is 0 Å². The molecule has 2 nitrogen and oxygen atoms in total. The second kappa shape index (κ2) is 5.91. The SMILES string of the molecule is CC(C)(C)Oc1c(F)c(OC(C)(C)C)c(F)c(C(C)(C)C)c1F. The van der Waals surface area contributed by atoms with Gasteiger partial charge in [0.1, 0.15) is 11.2 Å². The van der Waals surface area contributed by atoms with Gasteiger partial charge in [-0.1, -0.05) is 20.8 Å². The van der Waals surface area contributed by atoms with Gasteiger partial charge in [-0.25, -0.2) is 8.78 Å². The molecular weight excluding hydrogens is 305 g/mol. The van der Waals surface area contributed by atoms with E-state index < -0.39 is 45.6 Å². The van der Waals surface area contributed by atoms with Crippen molar-refractivity contribution >= 4 is 0 Å². The summed E-state index contributed by atoms with van der Waals surface area (Å²) >= 11 is 0. The summed E-state index contributed by atoms with van der Waals surface area (Å²) in [4.78, 5) is 0. The summed E-state index contributed by atoms with van der Waals surface area (Å²) in [6.07, 6.45) is 0. The van der Waals surface area contributed by atoms with Crippen molar-refractivity contribution in [3.8, 4) is 11.5 Å². The predicted octanol–water partition coefficient (Wildman–Crippen LogP) is 5.76. The van der Waals surface area contributed by atoms with Gasteiger partial charge in [-0.2, -0.15) is 4.39 Å². The lowest BCUT2D eigenvalue weighted by Gasteiger charge is -2.29. The Balaban J connectivity index is 3.74. The van der Waals surface area contributed by atoms with Crippen molar-refractivity contribution in [2.24, 2.45) is 0 Å². The lowest BCUT2D eigenvalue weighted by atomic mass is 9.85. The van der Waals surface area contributed by atoms with E-state index in [2.05, 4.69) is 0 Å². The molecule has 0 aliphatic rings. The maximum Gasteiger partial charge on any atom is 0.213 e. The first-order chi connectivity index (χ1) is 10.0. The molecule has 1 aromatic carbocycles. The molecule has 0 aliphatic carbocycles. The van der Waals surface area contributed by atoms with Crippen LogP contribution in [0.25, 0.3) is 0 Å². The van der Waals surface area contributed by atoms with Crippen molar-refractivity contribution < 1.29 is 22.6 Å². The van der Waals surface area contributed by atoms with Gasteiger partial charge in [0.25, 0.3) is 0 Å². The smallest absolute Gasteiger partial charge is 0.213 e. The Kier molecular flexibility index (Phi) is 5.05. The van der Waals surface area contributed by atoms with Gasteiger partial charge in [-0.3, -0.25) is 0 Å². The molecule has 132 valence electrons. The lowest BCUT2D eigenvalue weighted by molar-refractivity contribution is 0.0980. The standard InChI is InChI=1S/C18H27F3O2/c1-16(2,3)10-11(19)14(22-17(4,5)6)13(21)15(12(10)20)23-18(7,8)9/h1-9H3. The van der Waals surface area contributed by atoms with E-state index in [4.69, 9.17) is 9.47 Å². The number of hydrogen-bond donors (Lipinski definition) is 0. The fraction of sp³-hybridized carbons (Fsp3) is 0.667. The monoisotopic (exact) mass is 332 g/mol. The molecule has 1 aromatic rings. The van der Waals surface area contributed by atoms with Crippen LogP contribution in [0, 0.1) is 17.5 Å². The largest absolute Gasteiger partial charge is 0.482 e. The number of halogens is 3. The zero-order valence-electron chi connectivity index (χ0n) is 15.5. The molecule has 5 heteroatoms. The van der Waals surface area contributed by atoms with Crippen LogP contribution >= 0.6 is 0 Å². The highest BCUT2D eigenvalue weighted by atomic mass is 19.1. The molecule has 0 atom stereocenters. The first-order valence-electron chi connectivity index (χ1n) is 7.63. The van der Waals surface area contributed by atoms with E-state index in [1.165, 1.54) is 0 Å². The molecular formula is C18H27F3O2. The Bertz CT molecular complexity index is 545. The van der Waals surface area contributed by atoms with E-state index in [-0.39, 0.29) is 5.56 Å². The normalized spacial score (nSPS) is 13.2. The fourth-order valence-corrected chi connectivity index (χ4v) is 2.07. The Morgan fingerprint density at radius 3 is 1.09 bits per heavy atom. The molecule has 0 bridgehead atoms. The first kappa shape index (κ1) is 19.7. The number of benzene rings is 1. The van der Waals surface area contributed by atoms with E-state index in [0.29, 0.717) is 0 Å². The molecule has 0 saturated carbocycles. The number of rotatable bonds is 2. The van der Waals surface area contributed by atoms with E-state index >= 15 is 0 Å². The van der Waals surface area contributed by atoms with Crippen LogP contribution < -0.4 is 9.47 Å². The Morgan fingerprint density at radius 1 is 0.565 bits per heavy atom. The van der Waals surface area contributed by atoms with Crippen molar-refractivity contribution in [1.29, 1.82) is 0 Å². The third kappa shape index (κ3) is 4.79. The molecule has 0 radical (unpaired) electrons. The summed E-state index contributed by atoms with van der Waals surface area (Å²) in [5, 5.41) is 0. The summed E-state index contributed by atoms with van der Waals surface area (Å²) in [6, 6.07) is 0. The Labute approximate surface area is 137 Å². The van der Waals surface area contributed by atoms with E-state index in [9.17, 15) is 13.2 Å². The van der Waals surface area contributed by atoms with Crippen LogP contribution in [-0.4, -0.2) is 11.2 Å². The quantitative estimate of drug-likeness (QED) is 0.686. The molecule has 0 aromatic heterocycles. The fourth-order valence-electron chi connectivity index (χ4n) is 2.07. The maximum atomic E-state index is 14.8. The Hall–Kier alpha value is -1.39. The average Bonchev–Trinajstić information content (AvgIpc) is 2.26. The van der Waals surface area contributed by atoms with Gasteiger partial charge in [0.2, 0.25) is 5.82 Å². The molecule has 0 amide bonds. The van der Waals surface area contributed by atoms with Crippen molar-refractivity contribution in [1.82, 2.24) is 0 Å². The van der Waals surface area contributed by atoms with Gasteiger partial charge < -0.3 is 9.47 Å². The highest BCUT2D eigenvalue weighted by Crippen LogP contribution is 2.42. The zero-order chi connectivity index (χ0) is 18.4. The zero-order valence-corrected chi connectivity index (χ0v) is 15.5. The molecule has 0 unspecified atom stereocenters. The molecule has 1 rings (SSSR count). The second-order valence-corrected chi connectivity index (χ2v) is 8.65. The molecule has 0 fully saturated rings. The van der Waals surface area contributed by atoms with Crippen LogP contribution in [0.4, 0.5) is 13.2 Å². The summed E-state index contributed by atoms with van der Waals surface area (Å²) in [7, 11) is 0. The number of hydrogen-bond acceptors (Lipinski definition) is 2. The van der Waals surface area contributed by atoms with E-state index in [1.807, 2.05) is 0 Å². The van der Waals surface area contributed by atoms with Crippen LogP contribution in [0.5, 0.6) is 11.5 Å². The summed E-state index contributed by atoms with van der Waals surface area (Å²) in [5.41, 5.74) is -2.81. The van der Waals surface area contributed by atoms with Crippen LogP contribution in [-0.2, 0) is 5.41 Å². The van der Waals surface area contributed by atoms with E-state index in [1.54, 1.807) is 62.3 Å². The predicted molar refractivity (Wildman–Crippen MR) is 85.8 cm³/mol. The number of ether oxygens (including phenoxy) is 2. The summed E-state index contributed by atoms with van der Waals surface area (Å²) < 4.78 is 55.1. The lowest BCUT2D eigenvalue weighted by Crippen LogP contribution is -2.29. The molecule has 23 heavy (non-hydrogen) atoms. The van der Waals surface area contributed by atoms with E-state index in [0.717, 1.165) is 0 Å². The van der Waals surface area contributed by atoms with Crippen LogP contribution in [0.3, 0.4) is 0 Å². The summed E-state index contributed by atoms with van der Waals surface area (Å²) in [5.74, 6) is -4.42. The molecule has 0 saturated heterocycles.